The molecule has 0 saturated carbocycles. The maximum absolute atomic E-state index is 12.3. The topological polar surface area (TPSA) is 44.8 Å². The summed E-state index contributed by atoms with van der Waals surface area (Å²) in [6, 6.07) is 15.5. The van der Waals surface area contributed by atoms with Gasteiger partial charge in [0, 0.05) is 6.42 Å². The van der Waals surface area contributed by atoms with Crippen LogP contribution in [0.15, 0.2) is 48.5 Å². The average molecular weight is 296 g/mol. The molecule has 2 aliphatic rings. The fourth-order valence-corrected chi connectivity index (χ4v) is 3.15. The summed E-state index contributed by atoms with van der Waals surface area (Å²) in [4.78, 5) is 12.3. The first-order valence-electron chi connectivity index (χ1n) is 7.34. The van der Waals surface area contributed by atoms with Gasteiger partial charge in [0.1, 0.15) is 5.60 Å². The van der Waals surface area contributed by atoms with Crippen molar-refractivity contribution in [3.8, 4) is 11.5 Å². The molecule has 0 radical (unpaired) electrons. The zero-order chi connectivity index (χ0) is 15.2. The molecular formula is C18H16O4. The van der Waals surface area contributed by atoms with Crippen LogP contribution in [-0.4, -0.2) is 12.8 Å². The molecule has 0 aromatic heterocycles. The van der Waals surface area contributed by atoms with Crippen molar-refractivity contribution in [3.05, 3.63) is 59.7 Å². The molecule has 2 aliphatic heterocycles. The Kier molecular flexibility index (Phi) is 2.86. The molecule has 112 valence electrons. The van der Waals surface area contributed by atoms with Gasteiger partial charge in [-0.15, -0.1) is 0 Å². The van der Waals surface area contributed by atoms with Gasteiger partial charge in [-0.2, -0.15) is 0 Å². The third-order valence-electron chi connectivity index (χ3n) is 4.39. The van der Waals surface area contributed by atoms with Crippen molar-refractivity contribution in [3.63, 3.8) is 0 Å². The number of fused-ring (bicyclic) bond motifs is 1. The minimum Gasteiger partial charge on any atom is -0.454 e. The molecule has 0 spiro atoms. The van der Waals surface area contributed by atoms with Gasteiger partial charge in [0.15, 0.2) is 11.5 Å². The van der Waals surface area contributed by atoms with Gasteiger partial charge in [-0.05, 0) is 30.2 Å². The SMILES string of the molecule is C[C@@]1(c2ccc3c(c2)OCO3)C[C@H](c2ccccc2)C(=O)O1. The highest BCUT2D eigenvalue weighted by Crippen LogP contribution is 2.46. The molecule has 1 fully saturated rings. The van der Waals surface area contributed by atoms with Crippen molar-refractivity contribution in [2.75, 3.05) is 6.79 Å². The highest BCUT2D eigenvalue weighted by Gasteiger charge is 2.45. The lowest BCUT2D eigenvalue weighted by atomic mass is 9.86. The Morgan fingerprint density at radius 3 is 2.64 bits per heavy atom. The Bertz CT molecular complexity index is 725. The quantitative estimate of drug-likeness (QED) is 0.797. The number of hydrogen-bond acceptors (Lipinski definition) is 4. The van der Waals surface area contributed by atoms with Crippen molar-refractivity contribution < 1.29 is 19.0 Å². The van der Waals surface area contributed by atoms with Crippen LogP contribution in [0, 0.1) is 0 Å². The van der Waals surface area contributed by atoms with E-state index in [1.807, 2.05) is 55.5 Å². The second kappa shape index (κ2) is 4.77. The summed E-state index contributed by atoms with van der Waals surface area (Å²) < 4.78 is 16.5. The van der Waals surface area contributed by atoms with Crippen molar-refractivity contribution in [2.45, 2.75) is 24.9 Å². The van der Waals surface area contributed by atoms with Crippen LogP contribution in [0.2, 0.25) is 0 Å². The van der Waals surface area contributed by atoms with E-state index in [4.69, 9.17) is 14.2 Å². The Morgan fingerprint density at radius 2 is 1.82 bits per heavy atom. The van der Waals surface area contributed by atoms with Gasteiger partial charge in [0.2, 0.25) is 6.79 Å². The van der Waals surface area contributed by atoms with E-state index in [1.54, 1.807) is 0 Å². The Balaban J connectivity index is 1.66. The predicted molar refractivity (Wildman–Crippen MR) is 79.8 cm³/mol. The normalized spacial score (nSPS) is 26.0. The third-order valence-corrected chi connectivity index (χ3v) is 4.39. The molecule has 2 aromatic rings. The van der Waals surface area contributed by atoms with E-state index in [0.29, 0.717) is 12.2 Å². The molecule has 2 aromatic carbocycles. The number of esters is 1. The summed E-state index contributed by atoms with van der Waals surface area (Å²) in [7, 11) is 0. The van der Waals surface area contributed by atoms with E-state index >= 15 is 0 Å². The summed E-state index contributed by atoms with van der Waals surface area (Å²) in [5.74, 6) is 1.04. The lowest BCUT2D eigenvalue weighted by molar-refractivity contribution is -0.148. The van der Waals surface area contributed by atoms with E-state index in [-0.39, 0.29) is 18.7 Å². The van der Waals surface area contributed by atoms with Gasteiger partial charge in [0.05, 0.1) is 5.92 Å². The van der Waals surface area contributed by atoms with Crippen LogP contribution in [0.25, 0.3) is 0 Å². The minimum absolute atomic E-state index is 0.175. The molecule has 0 amide bonds. The molecule has 2 atom stereocenters. The summed E-state index contributed by atoms with van der Waals surface area (Å²) in [6.07, 6.45) is 0.621. The van der Waals surface area contributed by atoms with E-state index < -0.39 is 5.60 Å². The highest BCUT2D eigenvalue weighted by molar-refractivity contribution is 5.81. The smallest absolute Gasteiger partial charge is 0.314 e. The molecule has 0 bridgehead atoms. The largest absolute Gasteiger partial charge is 0.454 e. The summed E-state index contributed by atoms with van der Waals surface area (Å²) in [6.45, 7) is 2.19. The number of ether oxygens (including phenoxy) is 3. The van der Waals surface area contributed by atoms with E-state index in [0.717, 1.165) is 16.9 Å². The van der Waals surface area contributed by atoms with Crippen LogP contribution in [0.4, 0.5) is 0 Å². The number of cyclic esters (lactones) is 1. The molecule has 4 heteroatoms. The Labute approximate surface area is 128 Å². The van der Waals surface area contributed by atoms with Crippen LogP contribution < -0.4 is 9.47 Å². The van der Waals surface area contributed by atoms with E-state index in [9.17, 15) is 4.79 Å². The molecule has 0 aliphatic carbocycles. The molecule has 2 heterocycles. The monoisotopic (exact) mass is 296 g/mol. The lowest BCUT2D eigenvalue weighted by Gasteiger charge is -2.23. The predicted octanol–water partition coefficient (Wildman–Crippen LogP) is 3.36. The van der Waals surface area contributed by atoms with Crippen LogP contribution in [0.1, 0.15) is 30.4 Å². The fourth-order valence-electron chi connectivity index (χ4n) is 3.15. The Hall–Kier alpha value is -2.49. The lowest BCUT2D eigenvalue weighted by Crippen LogP contribution is -2.20. The minimum atomic E-state index is -0.640. The van der Waals surface area contributed by atoms with Crippen LogP contribution in [0.5, 0.6) is 11.5 Å². The number of benzene rings is 2. The second-order valence-corrected chi connectivity index (χ2v) is 5.89. The molecular weight excluding hydrogens is 280 g/mol. The maximum Gasteiger partial charge on any atom is 0.314 e. The number of carbonyl (C=O) groups excluding carboxylic acids is 1. The van der Waals surface area contributed by atoms with Gasteiger partial charge < -0.3 is 14.2 Å². The van der Waals surface area contributed by atoms with E-state index in [1.165, 1.54) is 0 Å². The second-order valence-electron chi connectivity index (χ2n) is 5.89. The molecule has 4 nitrogen and oxygen atoms in total. The van der Waals surface area contributed by atoms with Crippen molar-refractivity contribution in [2.24, 2.45) is 0 Å². The molecule has 0 N–H and O–H groups in total. The molecule has 22 heavy (non-hydrogen) atoms. The molecule has 4 rings (SSSR count). The number of rotatable bonds is 2. The summed E-state index contributed by atoms with van der Waals surface area (Å²) >= 11 is 0. The van der Waals surface area contributed by atoms with Crippen molar-refractivity contribution in [1.29, 1.82) is 0 Å². The first-order valence-corrected chi connectivity index (χ1v) is 7.34. The van der Waals surface area contributed by atoms with Gasteiger partial charge in [0.25, 0.3) is 0 Å². The number of hydrogen-bond donors (Lipinski definition) is 0. The third kappa shape index (κ3) is 2.03. The van der Waals surface area contributed by atoms with Gasteiger partial charge in [-0.25, -0.2) is 0 Å². The molecule has 0 unspecified atom stereocenters. The number of carbonyl (C=O) groups is 1. The van der Waals surface area contributed by atoms with Crippen molar-refractivity contribution >= 4 is 5.97 Å². The zero-order valence-corrected chi connectivity index (χ0v) is 12.2. The standard InChI is InChI=1S/C18H16O4/c1-18(13-7-8-15-16(9-13)21-11-20-15)10-14(17(19)22-18)12-5-3-2-4-6-12/h2-9,14H,10-11H2,1H3/t14-,18+/m1/s1. The first-order chi connectivity index (χ1) is 10.7. The highest BCUT2D eigenvalue weighted by atomic mass is 16.7. The van der Waals surface area contributed by atoms with Crippen molar-refractivity contribution in [1.82, 2.24) is 0 Å². The average Bonchev–Trinajstić information content (AvgIpc) is 3.12. The van der Waals surface area contributed by atoms with Crippen LogP contribution >= 0.6 is 0 Å². The van der Waals surface area contributed by atoms with Gasteiger partial charge >= 0.3 is 5.97 Å². The van der Waals surface area contributed by atoms with Gasteiger partial charge in [-0.1, -0.05) is 36.4 Å². The first kappa shape index (κ1) is 13.2. The van der Waals surface area contributed by atoms with E-state index in [2.05, 4.69) is 0 Å². The van der Waals surface area contributed by atoms with Crippen LogP contribution in [0.3, 0.4) is 0 Å². The molecule has 1 saturated heterocycles. The summed E-state index contributed by atoms with van der Waals surface area (Å²) in [5.41, 5.74) is 1.29. The maximum atomic E-state index is 12.3. The van der Waals surface area contributed by atoms with Gasteiger partial charge in [-0.3, -0.25) is 4.79 Å². The zero-order valence-electron chi connectivity index (χ0n) is 12.2. The Morgan fingerprint density at radius 1 is 1.05 bits per heavy atom. The van der Waals surface area contributed by atoms with Crippen LogP contribution in [-0.2, 0) is 15.1 Å². The summed E-state index contributed by atoms with van der Waals surface area (Å²) in [5, 5.41) is 0. The fraction of sp³-hybridized carbons (Fsp3) is 0.278.